The minimum absolute atomic E-state index is 0.0666. The summed E-state index contributed by atoms with van der Waals surface area (Å²) in [5.74, 6) is 0.295. The molecule has 0 spiro atoms. The smallest absolute Gasteiger partial charge is 0.393 e. The van der Waals surface area contributed by atoms with Gasteiger partial charge in [-0.05, 0) is 17.7 Å². The van der Waals surface area contributed by atoms with Crippen molar-refractivity contribution in [3.63, 3.8) is 0 Å². The van der Waals surface area contributed by atoms with E-state index in [1.54, 1.807) is 0 Å². The molecule has 1 rings (SSSR count). The molecule has 84 valence electrons. The van der Waals surface area contributed by atoms with Crippen LogP contribution in [0.2, 0.25) is 0 Å². The molecule has 0 aliphatic rings. The van der Waals surface area contributed by atoms with E-state index in [2.05, 4.69) is 0 Å². The minimum Gasteiger partial charge on any atom is -0.476 e. The Morgan fingerprint density at radius 1 is 1.27 bits per heavy atom. The number of halogens is 3. The van der Waals surface area contributed by atoms with Gasteiger partial charge in [-0.3, -0.25) is 5.73 Å². The van der Waals surface area contributed by atoms with Crippen molar-refractivity contribution < 1.29 is 17.9 Å². The van der Waals surface area contributed by atoms with Crippen molar-refractivity contribution in [3.05, 3.63) is 23.8 Å². The Bertz CT molecular complexity index is 339. The van der Waals surface area contributed by atoms with Gasteiger partial charge < -0.3 is 10.5 Å². The second-order valence-corrected chi connectivity index (χ2v) is 2.98. The minimum atomic E-state index is -4.23. The molecule has 0 heterocycles. The van der Waals surface area contributed by atoms with Gasteiger partial charge in [-0.2, -0.15) is 13.2 Å². The maximum atomic E-state index is 12.0. The molecule has 4 N–H and O–H groups in total. The monoisotopic (exact) mass is 220 g/mol. The summed E-state index contributed by atoms with van der Waals surface area (Å²) >= 11 is 0. The maximum Gasteiger partial charge on any atom is 0.393 e. The fourth-order valence-electron chi connectivity index (χ4n) is 1.16. The van der Waals surface area contributed by atoms with Crippen molar-refractivity contribution in [2.75, 3.05) is 12.5 Å². The third kappa shape index (κ3) is 3.67. The van der Waals surface area contributed by atoms with Crippen LogP contribution in [0.1, 0.15) is 5.56 Å². The van der Waals surface area contributed by atoms with Crippen molar-refractivity contribution in [2.24, 2.45) is 5.73 Å². The molecular weight excluding hydrogens is 209 g/mol. The molecule has 0 aromatic heterocycles. The van der Waals surface area contributed by atoms with Crippen LogP contribution in [0.3, 0.4) is 0 Å². The maximum absolute atomic E-state index is 12.0. The van der Waals surface area contributed by atoms with E-state index in [1.165, 1.54) is 18.2 Å². The number of hydrogen-bond acceptors (Lipinski definition) is 3. The molecule has 0 unspecified atom stereocenters. The van der Waals surface area contributed by atoms with Crippen LogP contribution in [-0.4, -0.2) is 12.9 Å². The zero-order chi connectivity index (χ0) is 11.5. The molecule has 6 heteroatoms. The Kier molecular flexibility index (Phi) is 3.41. The molecule has 0 aliphatic heterocycles. The summed E-state index contributed by atoms with van der Waals surface area (Å²) in [4.78, 5) is 0. The Morgan fingerprint density at radius 3 is 2.40 bits per heavy atom. The summed E-state index contributed by atoms with van der Waals surface area (Å²) in [6, 6.07) is 3.93. The highest BCUT2D eigenvalue weighted by atomic mass is 19.4. The second kappa shape index (κ2) is 4.39. The average molecular weight is 220 g/mol. The van der Waals surface area contributed by atoms with E-state index in [0.29, 0.717) is 5.75 Å². The van der Waals surface area contributed by atoms with Gasteiger partial charge in [0.25, 0.3) is 0 Å². The molecule has 0 atom stereocenters. The highest BCUT2D eigenvalue weighted by Crippen LogP contribution is 2.26. The molecule has 0 bridgehead atoms. The van der Waals surface area contributed by atoms with Crippen molar-refractivity contribution in [1.29, 1.82) is 0 Å². The van der Waals surface area contributed by atoms with Crippen LogP contribution in [-0.2, 0) is 6.42 Å². The fourth-order valence-corrected chi connectivity index (χ4v) is 1.16. The number of hydrogen-bond donors (Lipinski definition) is 2. The van der Waals surface area contributed by atoms with Crippen LogP contribution < -0.4 is 16.2 Å². The lowest BCUT2D eigenvalue weighted by atomic mass is 10.1. The predicted octanol–water partition coefficient (Wildman–Crippen LogP) is 1.67. The van der Waals surface area contributed by atoms with Crippen LogP contribution in [0.25, 0.3) is 0 Å². The Hall–Kier alpha value is -1.43. The third-order valence-corrected chi connectivity index (χ3v) is 1.72. The highest BCUT2D eigenvalue weighted by molar-refractivity contribution is 5.54. The molecule has 0 amide bonds. The molecule has 0 radical (unpaired) electrons. The summed E-state index contributed by atoms with van der Waals surface area (Å²) < 4.78 is 41.0. The molecule has 1 aromatic carbocycles. The van der Waals surface area contributed by atoms with Gasteiger partial charge in [-0.25, -0.2) is 0 Å². The van der Waals surface area contributed by atoms with E-state index in [4.69, 9.17) is 16.2 Å². The summed E-state index contributed by atoms with van der Waals surface area (Å²) in [5.41, 5.74) is 10.8. The van der Waals surface area contributed by atoms with E-state index in [0.717, 1.165) is 0 Å². The normalized spacial score (nSPS) is 11.5. The molecule has 0 saturated heterocycles. The molecule has 3 nitrogen and oxygen atoms in total. The van der Waals surface area contributed by atoms with E-state index in [9.17, 15) is 13.2 Å². The number of nitrogen functional groups attached to an aromatic ring is 1. The molecule has 0 aliphatic carbocycles. The van der Waals surface area contributed by atoms with E-state index < -0.39 is 12.6 Å². The lowest BCUT2D eigenvalue weighted by Crippen LogP contribution is -2.12. The van der Waals surface area contributed by atoms with Crippen molar-refractivity contribution >= 4 is 5.69 Å². The summed E-state index contributed by atoms with van der Waals surface area (Å²) in [5, 5.41) is 0. The van der Waals surface area contributed by atoms with E-state index in [1.807, 2.05) is 0 Å². The van der Waals surface area contributed by atoms with Crippen LogP contribution in [0.4, 0.5) is 18.9 Å². The number of benzene rings is 1. The van der Waals surface area contributed by atoms with Crippen LogP contribution in [0.5, 0.6) is 5.75 Å². The van der Waals surface area contributed by atoms with Gasteiger partial charge >= 0.3 is 6.18 Å². The number of nitrogens with two attached hydrogens (primary N) is 2. The van der Waals surface area contributed by atoms with Crippen molar-refractivity contribution in [3.8, 4) is 5.75 Å². The molecule has 1 aromatic rings. The topological polar surface area (TPSA) is 61.3 Å². The van der Waals surface area contributed by atoms with Gasteiger partial charge in [0, 0.05) is 0 Å². The van der Waals surface area contributed by atoms with E-state index in [-0.39, 0.29) is 18.0 Å². The first kappa shape index (κ1) is 11.6. The lowest BCUT2D eigenvalue weighted by Gasteiger charge is -2.10. The first-order valence-corrected chi connectivity index (χ1v) is 4.20. The number of alkyl halides is 3. The lowest BCUT2D eigenvalue weighted by molar-refractivity contribution is -0.127. The largest absolute Gasteiger partial charge is 0.476 e. The summed E-state index contributed by atoms with van der Waals surface area (Å²) in [7, 11) is 0. The SMILES string of the molecule is NCOc1ccc(CC(F)(F)F)cc1N. The first-order valence-electron chi connectivity index (χ1n) is 4.20. The number of ether oxygens (including phenoxy) is 1. The first-order chi connectivity index (χ1) is 6.92. The second-order valence-electron chi connectivity index (χ2n) is 2.98. The fraction of sp³-hybridized carbons (Fsp3) is 0.333. The van der Waals surface area contributed by atoms with Gasteiger partial charge in [0.05, 0.1) is 12.1 Å². The summed E-state index contributed by atoms with van der Waals surface area (Å²) in [6.45, 7) is -0.0666. The summed E-state index contributed by atoms with van der Waals surface area (Å²) in [6.07, 6.45) is -5.23. The van der Waals surface area contributed by atoms with Gasteiger partial charge in [-0.1, -0.05) is 6.07 Å². The van der Waals surface area contributed by atoms with Gasteiger partial charge in [0.2, 0.25) is 0 Å². The third-order valence-electron chi connectivity index (χ3n) is 1.72. The Balaban J connectivity index is 2.82. The average Bonchev–Trinajstić information content (AvgIpc) is 2.07. The predicted molar refractivity (Wildman–Crippen MR) is 50.3 cm³/mol. The number of rotatable bonds is 3. The van der Waals surface area contributed by atoms with Crippen molar-refractivity contribution in [2.45, 2.75) is 12.6 Å². The Labute approximate surface area is 84.8 Å². The zero-order valence-corrected chi connectivity index (χ0v) is 7.84. The van der Waals surface area contributed by atoms with Gasteiger partial charge in [-0.15, -0.1) is 0 Å². The van der Waals surface area contributed by atoms with E-state index >= 15 is 0 Å². The zero-order valence-electron chi connectivity index (χ0n) is 7.84. The van der Waals surface area contributed by atoms with Gasteiger partial charge in [0.15, 0.2) is 0 Å². The Morgan fingerprint density at radius 2 is 1.93 bits per heavy atom. The number of anilines is 1. The quantitative estimate of drug-likeness (QED) is 0.601. The molecule has 0 fully saturated rings. The van der Waals surface area contributed by atoms with Gasteiger partial charge in [0.1, 0.15) is 12.5 Å². The van der Waals surface area contributed by atoms with Crippen LogP contribution in [0.15, 0.2) is 18.2 Å². The van der Waals surface area contributed by atoms with Crippen LogP contribution in [0, 0.1) is 0 Å². The highest BCUT2D eigenvalue weighted by Gasteiger charge is 2.27. The standard InChI is InChI=1S/C9H11F3N2O/c10-9(11,12)4-6-1-2-8(15-5-13)7(14)3-6/h1-3H,4-5,13-14H2. The molecule has 15 heavy (non-hydrogen) atoms. The molecule has 0 saturated carbocycles. The molecular formula is C9H11F3N2O. The van der Waals surface area contributed by atoms with Crippen molar-refractivity contribution in [1.82, 2.24) is 0 Å². The van der Waals surface area contributed by atoms with Crippen LogP contribution >= 0.6 is 0 Å².